The van der Waals surface area contributed by atoms with Crippen LogP contribution in [0, 0.1) is 12.8 Å². The molecule has 1 atom stereocenters. The smallest absolute Gasteiger partial charge is 0.244 e. The minimum absolute atomic E-state index is 0.164. The number of amides is 1. The lowest BCUT2D eigenvalue weighted by Gasteiger charge is -2.19. The number of imidazole rings is 1. The first-order chi connectivity index (χ1) is 15.5. The third-order valence-electron chi connectivity index (χ3n) is 5.03. The molecule has 0 spiro atoms. The fourth-order valence-corrected chi connectivity index (χ4v) is 3.95. The summed E-state index contributed by atoms with van der Waals surface area (Å²) in [7, 11) is 0. The summed E-state index contributed by atoms with van der Waals surface area (Å²) < 4.78 is 5.77. The molecule has 1 amide bonds. The Hall–Kier alpha value is -3.45. The number of carbonyl (C=O) groups excluding carboxylic acids is 1. The predicted octanol–water partition coefficient (Wildman–Crippen LogP) is 5.43. The molecule has 1 unspecified atom stereocenters. The van der Waals surface area contributed by atoms with Gasteiger partial charge in [-0.1, -0.05) is 38.1 Å². The Morgan fingerprint density at radius 2 is 1.94 bits per heavy atom. The maximum Gasteiger partial charge on any atom is 0.244 e. The molecule has 2 aromatic heterocycles. The summed E-state index contributed by atoms with van der Waals surface area (Å²) in [6.45, 7) is 6.55. The number of carbonyl (C=O) groups is 1. The molecule has 7 heteroatoms. The van der Waals surface area contributed by atoms with Crippen molar-refractivity contribution < 1.29 is 9.53 Å². The highest BCUT2D eigenvalue weighted by molar-refractivity contribution is 7.09. The average molecular weight is 447 g/mol. The predicted molar refractivity (Wildman–Crippen MR) is 128 cm³/mol. The molecule has 2 N–H and O–H groups in total. The Morgan fingerprint density at radius 3 is 2.62 bits per heavy atom. The number of para-hydroxylation sites is 2. The van der Waals surface area contributed by atoms with Crippen LogP contribution in [0.4, 0.5) is 0 Å². The first-order valence-electron chi connectivity index (χ1n) is 10.5. The fraction of sp³-hybridized carbons (Fsp3) is 0.240. The van der Waals surface area contributed by atoms with E-state index in [1.54, 1.807) is 23.5 Å². The summed E-state index contributed by atoms with van der Waals surface area (Å²) >= 11 is 1.61. The third kappa shape index (κ3) is 5.42. The largest absolute Gasteiger partial charge is 0.487 e. The molecule has 0 saturated heterocycles. The number of aryl methyl sites for hydroxylation is 1. The van der Waals surface area contributed by atoms with Gasteiger partial charge in [-0.05, 0) is 48.7 Å². The van der Waals surface area contributed by atoms with E-state index in [-0.39, 0.29) is 17.9 Å². The molecule has 6 nitrogen and oxygen atoms in total. The minimum Gasteiger partial charge on any atom is -0.487 e. The monoisotopic (exact) mass is 446 g/mol. The average Bonchev–Trinajstić information content (AvgIpc) is 3.40. The summed E-state index contributed by atoms with van der Waals surface area (Å²) in [5, 5.41) is 6.10. The third-order valence-corrected chi connectivity index (χ3v) is 5.85. The molecule has 164 valence electrons. The van der Waals surface area contributed by atoms with Crippen LogP contribution < -0.4 is 10.1 Å². The molecule has 0 fully saturated rings. The summed E-state index contributed by atoms with van der Waals surface area (Å²) in [5.74, 6) is 1.55. The van der Waals surface area contributed by atoms with Gasteiger partial charge in [-0.25, -0.2) is 9.97 Å². The molecule has 0 aliphatic rings. The zero-order valence-electron chi connectivity index (χ0n) is 18.3. The van der Waals surface area contributed by atoms with Gasteiger partial charge in [0, 0.05) is 11.5 Å². The topological polar surface area (TPSA) is 79.9 Å². The normalized spacial score (nSPS) is 12.5. The van der Waals surface area contributed by atoms with Crippen LogP contribution in [0.5, 0.6) is 5.75 Å². The van der Waals surface area contributed by atoms with E-state index in [1.165, 1.54) is 0 Å². The van der Waals surface area contributed by atoms with Crippen LogP contribution in [0.2, 0.25) is 0 Å². The van der Waals surface area contributed by atoms with Crippen LogP contribution in [-0.4, -0.2) is 20.9 Å². The zero-order valence-corrected chi connectivity index (χ0v) is 19.1. The summed E-state index contributed by atoms with van der Waals surface area (Å²) in [6, 6.07) is 15.3. The van der Waals surface area contributed by atoms with Crippen molar-refractivity contribution in [3.05, 3.63) is 82.1 Å². The van der Waals surface area contributed by atoms with E-state index in [1.807, 2.05) is 60.8 Å². The Balaban J connectivity index is 1.36. The SMILES string of the molecule is Cc1nc(COc2ccc(C=CC(=O)NC(c3nc4ccccc4[nH]3)C(C)C)cc2)cs1. The molecule has 0 saturated carbocycles. The summed E-state index contributed by atoms with van der Waals surface area (Å²) in [5.41, 5.74) is 3.70. The van der Waals surface area contributed by atoms with Crippen molar-refractivity contribution in [2.24, 2.45) is 5.92 Å². The van der Waals surface area contributed by atoms with E-state index >= 15 is 0 Å². The van der Waals surface area contributed by atoms with Crippen molar-refractivity contribution >= 4 is 34.4 Å². The van der Waals surface area contributed by atoms with Crippen LogP contribution in [0.3, 0.4) is 0 Å². The molecule has 0 aliphatic heterocycles. The van der Waals surface area contributed by atoms with Crippen molar-refractivity contribution in [3.63, 3.8) is 0 Å². The second kappa shape index (κ2) is 9.78. The number of aromatic amines is 1. The summed E-state index contributed by atoms with van der Waals surface area (Å²) in [4.78, 5) is 24.9. The molecule has 32 heavy (non-hydrogen) atoms. The summed E-state index contributed by atoms with van der Waals surface area (Å²) in [6.07, 6.45) is 3.34. The second-order valence-corrected chi connectivity index (χ2v) is 8.98. The van der Waals surface area contributed by atoms with E-state index in [2.05, 4.69) is 34.1 Å². The van der Waals surface area contributed by atoms with Gasteiger partial charge in [0.25, 0.3) is 0 Å². The van der Waals surface area contributed by atoms with E-state index in [9.17, 15) is 4.79 Å². The van der Waals surface area contributed by atoms with Crippen LogP contribution >= 0.6 is 11.3 Å². The molecule has 0 aliphatic carbocycles. The number of hydrogen-bond acceptors (Lipinski definition) is 5. The van der Waals surface area contributed by atoms with Crippen molar-refractivity contribution in [2.75, 3.05) is 0 Å². The van der Waals surface area contributed by atoms with E-state index < -0.39 is 0 Å². The lowest BCUT2D eigenvalue weighted by atomic mass is 10.0. The van der Waals surface area contributed by atoms with Crippen LogP contribution in [0.15, 0.2) is 60.0 Å². The Bertz CT molecular complexity index is 1190. The fourth-order valence-electron chi connectivity index (χ4n) is 3.35. The maximum absolute atomic E-state index is 12.6. The van der Waals surface area contributed by atoms with Gasteiger partial charge in [-0.3, -0.25) is 4.79 Å². The van der Waals surface area contributed by atoms with E-state index in [0.717, 1.165) is 38.9 Å². The van der Waals surface area contributed by atoms with Gasteiger partial charge in [0.15, 0.2) is 0 Å². The number of nitrogens with one attached hydrogen (secondary N) is 2. The Kier molecular flexibility index (Phi) is 6.66. The zero-order chi connectivity index (χ0) is 22.5. The number of fused-ring (bicyclic) bond motifs is 1. The first-order valence-corrected chi connectivity index (χ1v) is 11.4. The van der Waals surface area contributed by atoms with E-state index in [0.29, 0.717) is 6.61 Å². The van der Waals surface area contributed by atoms with Crippen LogP contribution in [-0.2, 0) is 11.4 Å². The number of rotatable bonds is 8. The van der Waals surface area contributed by atoms with Gasteiger partial charge < -0.3 is 15.0 Å². The minimum atomic E-state index is -0.204. The van der Waals surface area contributed by atoms with Crippen molar-refractivity contribution in [2.45, 2.75) is 33.4 Å². The molecule has 0 bridgehead atoms. The van der Waals surface area contributed by atoms with Gasteiger partial charge in [0.2, 0.25) is 5.91 Å². The molecule has 4 rings (SSSR count). The second-order valence-electron chi connectivity index (χ2n) is 7.92. The number of benzene rings is 2. The lowest BCUT2D eigenvalue weighted by molar-refractivity contribution is -0.117. The van der Waals surface area contributed by atoms with E-state index in [4.69, 9.17) is 4.74 Å². The quantitative estimate of drug-likeness (QED) is 0.354. The van der Waals surface area contributed by atoms with Gasteiger partial charge in [0.05, 0.1) is 27.8 Å². The molecule has 2 heterocycles. The highest BCUT2D eigenvalue weighted by atomic mass is 32.1. The van der Waals surface area contributed by atoms with Crippen LogP contribution in [0.25, 0.3) is 17.1 Å². The van der Waals surface area contributed by atoms with Crippen molar-refractivity contribution in [1.29, 1.82) is 0 Å². The number of nitrogens with zero attached hydrogens (tertiary/aromatic N) is 2. The number of thiazole rings is 1. The standard InChI is InChI=1S/C25H26N4O2S/c1-16(2)24(25-27-21-6-4-5-7-22(21)28-25)29-23(30)13-10-18-8-11-20(12-9-18)31-14-19-15-32-17(3)26-19/h4-13,15-16,24H,14H2,1-3H3,(H,27,28)(H,29,30). The van der Waals surface area contributed by atoms with Crippen LogP contribution in [0.1, 0.15) is 42.0 Å². The van der Waals surface area contributed by atoms with Gasteiger partial charge in [-0.15, -0.1) is 11.3 Å². The lowest BCUT2D eigenvalue weighted by Crippen LogP contribution is -2.31. The molecule has 0 radical (unpaired) electrons. The Labute approximate surface area is 191 Å². The number of aromatic nitrogens is 3. The maximum atomic E-state index is 12.6. The highest BCUT2D eigenvalue weighted by Crippen LogP contribution is 2.22. The Morgan fingerprint density at radius 1 is 1.16 bits per heavy atom. The van der Waals surface area contributed by atoms with Gasteiger partial charge in [0.1, 0.15) is 18.2 Å². The van der Waals surface area contributed by atoms with Gasteiger partial charge >= 0.3 is 0 Å². The number of hydrogen-bond donors (Lipinski definition) is 2. The number of ether oxygens (including phenoxy) is 1. The molecule has 2 aromatic carbocycles. The molecular formula is C25H26N4O2S. The van der Waals surface area contributed by atoms with Gasteiger partial charge in [-0.2, -0.15) is 0 Å². The van der Waals surface area contributed by atoms with Crippen molar-refractivity contribution in [1.82, 2.24) is 20.3 Å². The molecular weight excluding hydrogens is 420 g/mol. The van der Waals surface area contributed by atoms with Crippen molar-refractivity contribution in [3.8, 4) is 5.75 Å². The first kappa shape index (κ1) is 21.8. The number of H-pyrrole nitrogens is 1. The molecule has 4 aromatic rings. The highest BCUT2D eigenvalue weighted by Gasteiger charge is 2.20.